The Labute approximate surface area is 122 Å². The van der Waals surface area contributed by atoms with Crippen LogP contribution in [0.25, 0.3) is 0 Å². The van der Waals surface area contributed by atoms with Gasteiger partial charge < -0.3 is 9.64 Å². The average Bonchev–Trinajstić information content (AvgIpc) is 2.79. The number of amides is 1. The lowest BCUT2D eigenvalue weighted by Gasteiger charge is -2.35. The van der Waals surface area contributed by atoms with Crippen LogP contribution in [0.1, 0.15) is 31.5 Å². The van der Waals surface area contributed by atoms with Crippen molar-refractivity contribution >= 4 is 5.91 Å². The van der Waals surface area contributed by atoms with Crippen molar-refractivity contribution < 1.29 is 18.3 Å². The van der Waals surface area contributed by atoms with E-state index in [1.165, 1.54) is 6.07 Å². The van der Waals surface area contributed by atoms with Gasteiger partial charge in [-0.2, -0.15) is 0 Å². The van der Waals surface area contributed by atoms with Gasteiger partial charge in [0, 0.05) is 19.3 Å². The highest BCUT2D eigenvalue weighted by Crippen LogP contribution is 2.31. The molecule has 0 radical (unpaired) electrons. The SMILES string of the molecule is CC1NC(c2ccc(F)c(F)c2)N(C2CCOCC2)C1=O. The number of halogens is 2. The van der Waals surface area contributed by atoms with E-state index in [-0.39, 0.29) is 18.0 Å². The lowest BCUT2D eigenvalue weighted by molar-refractivity contribution is -0.134. The van der Waals surface area contributed by atoms with Crippen LogP contribution in [0.3, 0.4) is 0 Å². The lowest BCUT2D eigenvalue weighted by Crippen LogP contribution is -2.43. The number of hydrogen-bond acceptors (Lipinski definition) is 3. The summed E-state index contributed by atoms with van der Waals surface area (Å²) in [5, 5.41) is 3.16. The molecule has 0 aromatic heterocycles. The van der Waals surface area contributed by atoms with Crippen LogP contribution >= 0.6 is 0 Å². The normalized spacial score (nSPS) is 27.4. The molecular weight excluding hydrogens is 278 g/mol. The van der Waals surface area contributed by atoms with E-state index >= 15 is 0 Å². The van der Waals surface area contributed by atoms with Crippen LogP contribution in [0.15, 0.2) is 18.2 Å². The molecule has 6 heteroatoms. The molecule has 0 aliphatic carbocycles. The van der Waals surface area contributed by atoms with Crippen molar-refractivity contribution in [2.24, 2.45) is 0 Å². The number of carbonyl (C=O) groups is 1. The largest absolute Gasteiger partial charge is 0.381 e. The molecule has 2 saturated heterocycles. The molecule has 1 aromatic carbocycles. The van der Waals surface area contributed by atoms with Crippen LogP contribution < -0.4 is 5.32 Å². The first-order valence-corrected chi connectivity index (χ1v) is 7.19. The first-order chi connectivity index (χ1) is 10.1. The second-order valence-corrected chi connectivity index (χ2v) is 5.55. The van der Waals surface area contributed by atoms with Crippen molar-refractivity contribution in [2.45, 2.75) is 38.0 Å². The van der Waals surface area contributed by atoms with E-state index in [1.807, 2.05) is 0 Å². The molecule has 114 valence electrons. The summed E-state index contributed by atoms with van der Waals surface area (Å²) in [6.45, 7) is 3.02. The number of rotatable bonds is 2. The van der Waals surface area contributed by atoms with E-state index in [1.54, 1.807) is 11.8 Å². The van der Waals surface area contributed by atoms with Gasteiger partial charge in [-0.25, -0.2) is 8.78 Å². The number of carbonyl (C=O) groups excluding carboxylic acids is 1. The summed E-state index contributed by atoms with van der Waals surface area (Å²) >= 11 is 0. The molecular formula is C15H18F2N2O2. The summed E-state index contributed by atoms with van der Waals surface area (Å²) in [5.74, 6) is -1.78. The van der Waals surface area contributed by atoms with Gasteiger partial charge in [0.25, 0.3) is 0 Å². The first kappa shape index (κ1) is 14.4. The topological polar surface area (TPSA) is 41.6 Å². The number of nitrogens with zero attached hydrogens (tertiary/aromatic N) is 1. The highest BCUT2D eigenvalue weighted by molar-refractivity contribution is 5.84. The maximum atomic E-state index is 13.5. The summed E-state index contributed by atoms with van der Waals surface area (Å²) in [6, 6.07) is 3.52. The van der Waals surface area contributed by atoms with Crippen molar-refractivity contribution in [1.29, 1.82) is 0 Å². The van der Waals surface area contributed by atoms with E-state index < -0.39 is 17.8 Å². The molecule has 2 aliphatic rings. The first-order valence-electron chi connectivity index (χ1n) is 7.19. The van der Waals surface area contributed by atoms with E-state index in [4.69, 9.17) is 4.74 Å². The maximum Gasteiger partial charge on any atom is 0.241 e. The van der Waals surface area contributed by atoms with Crippen molar-refractivity contribution in [1.82, 2.24) is 10.2 Å². The molecule has 1 N–H and O–H groups in total. The van der Waals surface area contributed by atoms with Crippen LogP contribution in [0.4, 0.5) is 8.78 Å². The second kappa shape index (κ2) is 5.69. The van der Waals surface area contributed by atoms with Gasteiger partial charge in [-0.3, -0.25) is 10.1 Å². The molecule has 2 atom stereocenters. The lowest BCUT2D eigenvalue weighted by atomic mass is 10.0. The van der Waals surface area contributed by atoms with Gasteiger partial charge >= 0.3 is 0 Å². The fraction of sp³-hybridized carbons (Fsp3) is 0.533. The zero-order valence-corrected chi connectivity index (χ0v) is 11.8. The quantitative estimate of drug-likeness (QED) is 0.907. The van der Waals surface area contributed by atoms with Crippen LogP contribution in [-0.4, -0.2) is 36.1 Å². The van der Waals surface area contributed by atoms with Crippen LogP contribution in [0.5, 0.6) is 0 Å². The average molecular weight is 296 g/mol. The Balaban J connectivity index is 1.90. The fourth-order valence-corrected chi connectivity index (χ4v) is 3.03. The van der Waals surface area contributed by atoms with E-state index in [0.717, 1.165) is 25.0 Å². The summed E-state index contributed by atoms with van der Waals surface area (Å²) in [5.41, 5.74) is 0.568. The highest BCUT2D eigenvalue weighted by Gasteiger charge is 2.41. The fourth-order valence-electron chi connectivity index (χ4n) is 3.03. The van der Waals surface area contributed by atoms with Crippen molar-refractivity contribution in [3.63, 3.8) is 0 Å². The molecule has 2 heterocycles. The third-order valence-corrected chi connectivity index (χ3v) is 4.15. The molecule has 1 aromatic rings. The predicted octanol–water partition coefficient (Wildman–Crippen LogP) is 1.96. The molecule has 0 spiro atoms. The second-order valence-electron chi connectivity index (χ2n) is 5.55. The number of ether oxygens (including phenoxy) is 1. The van der Waals surface area contributed by atoms with Crippen molar-refractivity contribution in [2.75, 3.05) is 13.2 Å². The highest BCUT2D eigenvalue weighted by atomic mass is 19.2. The van der Waals surface area contributed by atoms with Crippen LogP contribution in [0.2, 0.25) is 0 Å². The third-order valence-electron chi connectivity index (χ3n) is 4.15. The molecule has 0 saturated carbocycles. The Morgan fingerprint density at radius 3 is 2.62 bits per heavy atom. The zero-order chi connectivity index (χ0) is 15.0. The molecule has 21 heavy (non-hydrogen) atoms. The third kappa shape index (κ3) is 2.65. The minimum atomic E-state index is -0.895. The van der Waals surface area contributed by atoms with Crippen molar-refractivity contribution in [3.05, 3.63) is 35.4 Å². The Bertz CT molecular complexity index is 546. The molecule has 4 nitrogen and oxygen atoms in total. The number of hydrogen-bond donors (Lipinski definition) is 1. The smallest absolute Gasteiger partial charge is 0.241 e. The van der Waals surface area contributed by atoms with Gasteiger partial charge in [-0.05, 0) is 37.5 Å². The molecule has 2 unspecified atom stereocenters. The Kier molecular flexibility index (Phi) is 3.91. The molecule has 0 bridgehead atoms. The van der Waals surface area contributed by atoms with Crippen LogP contribution in [-0.2, 0) is 9.53 Å². The summed E-state index contributed by atoms with van der Waals surface area (Å²) in [7, 11) is 0. The van der Waals surface area contributed by atoms with Crippen LogP contribution in [0, 0.1) is 11.6 Å². The molecule has 3 rings (SSSR count). The summed E-state index contributed by atoms with van der Waals surface area (Å²) in [4.78, 5) is 14.2. The molecule has 2 aliphatic heterocycles. The monoisotopic (exact) mass is 296 g/mol. The van der Waals surface area contributed by atoms with Crippen molar-refractivity contribution in [3.8, 4) is 0 Å². The van der Waals surface area contributed by atoms with Gasteiger partial charge in [0.1, 0.15) is 6.17 Å². The van der Waals surface area contributed by atoms with Gasteiger partial charge in [-0.1, -0.05) is 6.07 Å². The Morgan fingerprint density at radius 2 is 1.95 bits per heavy atom. The maximum absolute atomic E-state index is 13.5. The molecule has 2 fully saturated rings. The van der Waals surface area contributed by atoms with E-state index in [9.17, 15) is 13.6 Å². The van der Waals surface area contributed by atoms with Gasteiger partial charge in [0.2, 0.25) is 5.91 Å². The predicted molar refractivity (Wildman–Crippen MR) is 72.4 cm³/mol. The summed E-state index contributed by atoms with van der Waals surface area (Å²) in [6.07, 6.45) is 1.12. The minimum Gasteiger partial charge on any atom is -0.381 e. The van der Waals surface area contributed by atoms with Gasteiger partial charge in [0.05, 0.1) is 6.04 Å². The van der Waals surface area contributed by atoms with E-state index in [2.05, 4.69) is 5.32 Å². The zero-order valence-electron chi connectivity index (χ0n) is 11.8. The molecule has 1 amide bonds. The van der Waals surface area contributed by atoms with E-state index in [0.29, 0.717) is 18.8 Å². The summed E-state index contributed by atoms with van der Waals surface area (Å²) < 4.78 is 31.9. The Morgan fingerprint density at radius 1 is 1.24 bits per heavy atom. The number of benzene rings is 1. The minimum absolute atomic E-state index is 0.00312. The number of nitrogens with one attached hydrogen (secondary N) is 1. The van der Waals surface area contributed by atoms with Gasteiger partial charge in [-0.15, -0.1) is 0 Å². The standard InChI is InChI=1S/C15H18F2N2O2/c1-9-15(20)19(11-4-6-21-7-5-11)14(18-9)10-2-3-12(16)13(17)8-10/h2-3,8-9,11,14,18H,4-7H2,1H3. The Hall–Kier alpha value is -1.53. The van der Waals surface area contributed by atoms with Gasteiger partial charge in [0.15, 0.2) is 11.6 Å².